The number of alkyl halides is 3. The molecule has 9 heteroatoms. The Labute approximate surface area is 180 Å². The number of hydrogen-bond acceptors (Lipinski definition) is 4. The minimum atomic E-state index is -4.65. The first-order valence-electron chi connectivity index (χ1n) is 9.60. The van der Waals surface area contributed by atoms with Crippen LogP contribution >= 0.6 is 0 Å². The van der Waals surface area contributed by atoms with Crippen LogP contribution in [0, 0.1) is 13.8 Å². The summed E-state index contributed by atoms with van der Waals surface area (Å²) in [5.41, 5.74) is -0.0237. The molecular formula is C23H17F3N4O2. The standard InChI is InChI=1S/C23H17F3N4O2/c1-13-12-15(30-14(2)28-20-17(22(30)32)7-5-11-27-20)9-10-19(13)29-21(31)16-6-3-4-8-18(16)23(24,25)26/h3-12H,1-2H3,(H,29,31). The van der Waals surface area contributed by atoms with Gasteiger partial charge in [0.25, 0.3) is 11.5 Å². The summed E-state index contributed by atoms with van der Waals surface area (Å²) in [5, 5.41) is 2.88. The van der Waals surface area contributed by atoms with Gasteiger partial charge in [-0.05, 0) is 61.9 Å². The number of aromatic nitrogens is 3. The molecule has 0 atom stereocenters. The van der Waals surface area contributed by atoms with Gasteiger partial charge in [-0.2, -0.15) is 13.2 Å². The van der Waals surface area contributed by atoms with Crippen LogP contribution in [0.3, 0.4) is 0 Å². The fourth-order valence-corrected chi connectivity index (χ4v) is 3.47. The molecular weight excluding hydrogens is 421 g/mol. The molecule has 0 fully saturated rings. The van der Waals surface area contributed by atoms with Crippen LogP contribution in [0.1, 0.15) is 27.3 Å². The number of aryl methyl sites for hydroxylation is 2. The topological polar surface area (TPSA) is 76.9 Å². The van der Waals surface area contributed by atoms with Crippen molar-refractivity contribution >= 4 is 22.6 Å². The van der Waals surface area contributed by atoms with Crippen LogP contribution in [0.4, 0.5) is 18.9 Å². The summed E-state index contributed by atoms with van der Waals surface area (Å²) in [7, 11) is 0. The van der Waals surface area contributed by atoms with Crippen LogP contribution in [-0.2, 0) is 6.18 Å². The van der Waals surface area contributed by atoms with E-state index < -0.39 is 23.2 Å². The van der Waals surface area contributed by atoms with Crippen molar-refractivity contribution in [1.82, 2.24) is 14.5 Å². The predicted molar refractivity (Wildman–Crippen MR) is 114 cm³/mol. The molecule has 0 bridgehead atoms. The molecule has 1 N–H and O–H groups in total. The van der Waals surface area contributed by atoms with Gasteiger partial charge in [0.1, 0.15) is 5.82 Å². The first-order chi connectivity index (χ1) is 15.2. The number of fused-ring (bicyclic) bond motifs is 1. The molecule has 6 nitrogen and oxygen atoms in total. The molecule has 4 aromatic rings. The Kier molecular flexibility index (Phi) is 5.25. The molecule has 0 aliphatic rings. The molecule has 162 valence electrons. The number of anilines is 1. The highest BCUT2D eigenvalue weighted by molar-refractivity contribution is 6.05. The Morgan fingerprint density at radius 1 is 1.03 bits per heavy atom. The second-order valence-corrected chi connectivity index (χ2v) is 7.17. The molecule has 0 unspecified atom stereocenters. The smallest absolute Gasteiger partial charge is 0.322 e. The zero-order valence-corrected chi connectivity index (χ0v) is 17.1. The molecule has 0 saturated heterocycles. The van der Waals surface area contributed by atoms with E-state index >= 15 is 0 Å². The summed E-state index contributed by atoms with van der Waals surface area (Å²) >= 11 is 0. The maximum atomic E-state index is 13.2. The van der Waals surface area contributed by atoms with Crippen molar-refractivity contribution in [1.29, 1.82) is 0 Å². The second kappa shape index (κ2) is 7.92. The van der Waals surface area contributed by atoms with E-state index in [1.165, 1.54) is 22.8 Å². The Morgan fingerprint density at radius 3 is 2.50 bits per heavy atom. The fourth-order valence-electron chi connectivity index (χ4n) is 3.47. The van der Waals surface area contributed by atoms with Crippen LogP contribution in [-0.4, -0.2) is 20.4 Å². The van der Waals surface area contributed by atoms with Gasteiger partial charge in [-0.15, -0.1) is 0 Å². The Morgan fingerprint density at radius 2 is 1.78 bits per heavy atom. The average molecular weight is 438 g/mol. The number of rotatable bonds is 3. The number of halogens is 3. The van der Waals surface area contributed by atoms with E-state index in [4.69, 9.17) is 0 Å². The monoisotopic (exact) mass is 438 g/mol. The van der Waals surface area contributed by atoms with Crippen molar-refractivity contribution in [2.24, 2.45) is 0 Å². The summed E-state index contributed by atoms with van der Waals surface area (Å²) in [6.45, 7) is 3.36. The molecule has 2 heterocycles. The lowest BCUT2D eigenvalue weighted by Gasteiger charge is -2.15. The van der Waals surface area contributed by atoms with Crippen LogP contribution in [0.25, 0.3) is 16.7 Å². The molecule has 4 rings (SSSR count). The van der Waals surface area contributed by atoms with Crippen molar-refractivity contribution in [3.8, 4) is 5.69 Å². The van der Waals surface area contributed by atoms with Gasteiger partial charge in [0, 0.05) is 11.9 Å². The van der Waals surface area contributed by atoms with Gasteiger partial charge in [0.2, 0.25) is 0 Å². The molecule has 0 saturated carbocycles. The van der Waals surface area contributed by atoms with Gasteiger partial charge in [0.15, 0.2) is 5.65 Å². The van der Waals surface area contributed by atoms with Gasteiger partial charge in [-0.3, -0.25) is 14.2 Å². The summed E-state index contributed by atoms with van der Waals surface area (Å²) in [5.74, 6) is -0.447. The van der Waals surface area contributed by atoms with Crippen molar-refractivity contribution in [2.75, 3.05) is 5.32 Å². The highest BCUT2D eigenvalue weighted by atomic mass is 19.4. The zero-order valence-electron chi connectivity index (χ0n) is 17.1. The number of carbonyl (C=O) groups is 1. The van der Waals surface area contributed by atoms with E-state index in [0.29, 0.717) is 33.8 Å². The summed E-state index contributed by atoms with van der Waals surface area (Å²) < 4.78 is 41.1. The number of hydrogen-bond donors (Lipinski definition) is 1. The maximum absolute atomic E-state index is 13.2. The highest BCUT2D eigenvalue weighted by Crippen LogP contribution is 2.32. The van der Waals surface area contributed by atoms with E-state index in [1.54, 1.807) is 44.3 Å². The average Bonchev–Trinajstić information content (AvgIpc) is 2.75. The van der Waals surface area contributed by atoms with E-state index in [2.05, 4.69) is 15.3 Å². The molecule has 1 amide bonds. The van der Waals surface area contributed by atoms with Crippen molar-refractivity contribution in [2.45, 2.75) is 20.0 Å². The van der Waals surface area contributed by atoms with Crippen molar-refractivity contribution < 1.29 is 18.0 Å². The lowest BCUT2D eigenvalue weighted by atomic mass is 10.1. The third kappa shape index (κ3) is 3.84. The Hall–Kier alpha value is -4.01. The molecule has 2 aromatic carbocycles. The van der Waals surface area contributed by atoms with Gasteiger partial charge in [0.05, 0.1) is 22.2 Å². The number of nitrogens with zero attached hydrogens (tertiary/aromatic N) is 3. The molecule has 2 aromatic heterocycles. The number of carbonyl (C=O) groups excluding carboxylic acids is 1. The van der Waals surface area contributed by atoms with Crippen molar-refractivity contribution in [3.05, 3.63) is 93.7 Å². The van der Waals surface area contributed by atoms with Gasteiger partial charge >= 0.3 is 6.18 Å². The predicted octanol–water partition coefficient (Wildman–Crippen LogP) is 4.67. The summed E-state index contributed by atoms with van der Waals surface area (Å²) in [6, 6.07) is 12.7. The molecule has 0 radical (unpaired) electrons. The summed E-state index contributed by atoms with van der Waals surface area (Å²) in [4.78, 5) is 34.0. The van der Waals surface area contributed by atoms with E-state index in [-0.39, 0.29) is 5.56 Å². The lowest BCUT2D eigenvalue weighted by molar-refractivity contribution is -0.137. The molecule has 0 spiro atoms. The number of pyridine rings is 1. The first kappa shape index (κ1) is 21.2. The van der Waals surface area contributed by atoms with E-state index in [0.717, 1.165) is 12.1 Å². The van der Waals surface area contributed by atoms with Crippen LogP contribution in [0.15, 0.2) is 65.6 Å². The number of amides is 1. The minimum absolute atomic E-state index is 0.295. The zero-order chi connectivity index (χ0) is 23.0. The third-order valence-corrected chi connectivity index (χ3v) is 5.00. The van der Waals surface area contributed by atoms with Crippen LogP contribution < -0.4 is 10.9 Å². The normalized spacial score (nSPS) is 11.5. The molecule has 0 aliphatic heterocycles. The summed E-state index contributed by atoms with van der Waals surface area (Å²) in [6.07, 6.45) is -3.10. The van der Waals surface area contributed by atoms with E-state index in [1.807, 2.05) is 0 Å². The van der Waals surface area contributed by atoms with Crippen molar-refractivity contribution in [3.63, 3.8) is 0 Å². The maximum Gasteiger partial charge on any atom is 0.417 e. The first-order valence-corrected chi connectivity index (χ1v) is 9.60. The van der Waals surface area contributed by atoms with Gasteiger partial charge < -0.3 is 5.32 Å². The quantitative estimate of drug-likeness (QED) is 0.504. The van der Waals surface area contributed by atoms with E-state index in [9.17, 15) is 22.8 Å². The SMILES string of the molecule is Cc1cc(-n2c(C)nc3ncccc3c2=O)ccc1NC(=O)c1ccccc1C(F)(F)F. The Bertz CT molecular complexity index is 1410. The Balaban J connectivity index is 1.70. The van der Waals surface area contributed by atoms with Crippen LogP contribution in [0.5, 0.6) is 0 Å². The fraction of sp³-hybridized carbons (Fsp3) is 0.130. The van der Waals surface area contributed by atoms with Gasteiger partial charge in [-0.1, -0.05) is 12.1 Å². The highest BCUT2D eigenvalue weighted by Gasteiger charge is 2.34. The number of nitrogens with one attached hydrogen (secondary N) is 1. The van der Waals surface area contributed by atoms with Gasteiger partial charge in [-0.25, -0.2) is 9.97 Å². The molecule has 32 heavy (non-hydrogen) atoms. The molecule has 0 aliphatic carbocycles. The second-order valence-electron chi connectivity index (χ2n) is 7.17. The minimum Gasteiger partial charge on any atom is -0.322 e. The largest absolute Gasteiger partial charge is 0.417 e. The number of benzene rings is 2. The van der Waals surface area contributed by atoms with Crippen LogP contribution in [0.2, 0.25) is 0 Å². The lowest BCUT2D eigenvalue weighted by Crippen LogP contribution is -2.23. The third-order valence-electron chi connectivity index (χ3n) is 5.00.